The van der Waals surface area contributed by atoms with E-state index in [4.69, 9.17) is 0 Å². The summed E-state index contributed by atoms with van der Waals surface area (Å²) in [5, 5.41) is 6.57. The Morgan fingerprint density at radius 2 is 1.93 bits per heavy atom. The molecular weight excluding hydrogens is 395 g/mol. The van der Waals surface area contributed by atoms with Crippen LogP contribution in [-0.4, -0.2) is 40.8 Å². The standard InChI is InChI=1S/C21H28F3N5O/c1-13-15(14-11-26-28(5)12-14)17(21(22,23)24)27-18(16(13)19(30)25-4)29-9-6-7-20(2,3)8-10-29/h11-12H,6-10H2,1-5H3,(H,25,30). The van der Waals surface area contributed by atoms with Crippen molar-refractivity contribution in [3.8, 4) is 11.1 Å². The average molecular weight is 423 g/mol. The van der Waals surface area contributed by atoms with Gasteiger partial charge in [0.2, 0.25) is 0 Å². The van der Waals surface area contributed by atoms with Gasteiger partial charge in [0.15, 0.2) is 5.69 Å². The van der Waals surface area contributed by atoms with Crippen LogP contribution >= 0.6 is 0 Å². The van der Waals surface area contributed by atoms with Crippen LogP contribution in [0, 0.1) is 12.3 Å². The molecule has 0 radical (unpaired) electrons. The van der Waals surface area contributed by atoms with Crippen molar-refractivity contribution in [3.05, 3.63) is 29.2 Å². The molecule has 0 bridgehead atoms. The fourth-order valence-corrected chi connectivity index (χ4v) is 4.06. The normalized spacial score (nSPS) is 17.0. The highest BCUT2D eigenvalue weighted by atomic mass is 19.4. The van der Waals surface area contributed by atoms with Crippen molar-refractivity contribution in [2.24, 2.45) is 12.5 Å². The van der Waals surface area contributed by atoms with Gasteiger partial charge in [0.25, 0.3) is 5.91 Å². The van der Waals surface area contributed by atoms with E-state index >= 15 is 0 Å². The van der Waals surface area contributed by atoms with Crippen molar-refractivity contribution in [2.75, 3.05) is 25.0 Å². The smallest absolute Gasteiger partial charge is 0.356 e. The number of hydrogen-bond donors (Lipinski definition) is 1. The monoisotopic (exact) mass is 423 g/mol. The van der Waals surface area contributed by atoms with Crippen LogP contribution in [-0.2, 0) is 13.2 Å². The summed E-state index contributed by atoms with van der Waals surface area (Å²) in [7, 11) is 3.10. The maximum atomic E-state index is 14.1. The lowest BCUT2D eigenvalue weighted by atomic mass is 9.85. The van der Waals surface area contributed by atoms with Crippen LogP contribution < -0.4 is 10.2 Å². The van der Waals surface area contributed by atoms with E-state index in [1.54, 1.807) is 14.0 Å². The zero-order valence-corrected chi connectivity index (χ0v) is 18.0. The van der Waals surface area contributed by atoms with Gasteiger partial charge in [-0.15, -0.1) is 0 Å². The van der Waals surface area contributed by atoms with Gasteiger partial charge in [0, 0.05) is 44.5 Å². The Morgan fingerprint density at radius 1 is 1.23 bits per heavy atom. The summed E-state index contributed by atoms with van der Waals surface area (Å²) >= 11 is 0. The number of pyridine rings is 1. The Morgan fingerprint density at radius 3 is 2.50 bits per heavy atom. The van der Waals surface area contributed by atoms with Crippen LogP contribution in [0.2, 0.25) is 0 Å². The molecule has 6 nitrogen and oxygen atoms in total. The van der Waals surface area contributed by atoms with Crippen molar-refractivity contribution in [2.45, 2.75) is 46.2 Å². The molecule has 9 heteroatoms. The van der Waals surface area contributed by atoms with Crippen LogP contribution in [0.15, 0.2) is 12.4 Å². The second-order valence-corrected chi connectivity index (χ2v) is 8.64. The third-order valence-electron chi connectivity index (χ3n) is 5.78. The molecule has 2 aromatic heterocycles. The molecule has 0 aromatic carbocycles. The predicted octanol–water partition coefficient (Wildman–Crippen LogP) is 4.19. The second-order valence-electron chi connectivity index (χ2n) is 8.64. The predicted molar refractivity (Wildman–Crippen MR) is 109 cm³/mol. The lowest BCUT2D eigenvalue weighted by Gasteiger charge is -2.28. The summed E-state index contributed by atoms with van der Waals surface area (Å²) in [6.07, 6.45) is 0.802. The van der Waals surface area contributed by atoms with Crippen molar-refractivity contribution < 1.29 is 18.0 Å². The first-order chi connectivity index (χ1) is 13.9. The van der Waals surface area contributed by atoms with Gasteiger partial charge in [-0.25, -0.2) is 4.98 Å². The molecular formula is C21H28F3N5O. The maximum Gasteiger partial charge on any atom is 0.434 e. The molecule has 0 unspecified atom stereocenters. The van der Waals surface area contributed by atoms with E-state index < -0.39 is 17.8 Å². The number of hydrogen-bond acceptors (Lipinski definition) is 4. The number of halogens is 3. The first kappa shape index (κ1) is 22.1. The Bertz CT molecular complexity index is 949. The number of amides is 1. The molecule has 1 saturated heterocycles. The van der Waals surface area contributed by atoms with Crippen molar-refractivity contribution in [1.82, 2.24) is 20.1 Å². The number of alkyl halides is 3. The van der Waals surface area contributed by atoms with Crippen molar-refractivity contribution in [1.29, 1.82) is 0 Å². The van der Waals surface area contributed by atoms with E-state index in [1.807, 2.05) is 4.90 Å². The summed E-state index contributed by atoms with van der Waals surface area (Å²) in [6, 6.07) is 0. The molecule has 1 fully saturated rings. The minimum atomic E-state index is -4.67. The molecule has 3 heterocycles. The van der Waals surface area contributed by atoms with Crippen LogP contribution in [0.5, 0.6) is 0 Å². The Hall–Kier alpha value is -2.58. The Kier molecular flexibility index (Phi) is 5.84. The molecule has 1 amide bonds. The third-order valence-corrected chi connectivity index (χ3v) is 5.78. The lowest BCUT2D eigenvalue weighted by molar-refractivity contribution is -0.140. The van der Waals surface area contributed by atoms with Gasteiger partial charge < -0.3 is 10.2 Å². The fraction of sp³-hybridized carbons (Fsp3) is 0.571. The number of carbonyl (C=O) groups is 1. The number of aromatic nitrogens is 3. The minimum absolute atomic E-state index is 0.0967. The fourth-order valence-electron chi connectivity index (χ4n) is 4.06. The topological polar surface area (TPSA) is 63.1 Å². The van der Waals surface area contributed by atoms with Gasteiger partial charge in [-0.1, -0.05) is 13.8 Å². The van der Waals surface area contributed by atoms with Crippen LogP contribution in [0.3, 0.4) is 0 Å². The van der Waals surface area contributed by atoms with E-state index in [9.17, 15) is 18.0 Å². The summed E-state index contributed by atoms with van der Waals surface area (Å²) in [6.45, 7) is 6.97. The van der Waals surface area contributed by atoms with Crippen LogP contribution in [0.25, 0.3) is 11.1 Å². The molecule has 2 aromatic rings. The highest BCUT2D eigenvalue weighted by Gasteiger charge is 2.40. The highest BCUT2D eigenvalue weighted by molar-refractivity contribution is 6.02. The van der Waals surface area contributed by atoms with E-state index in [2.05, 4.69) is 29.2 Å². The number of aryl methyl sites for hydroxylation is 1. The van der Waals surface area contributed by atoms with E-state index in [-0.39, 0.29) is 33.5 Å². The van der Waals surface area contributed by atoms with E-state index in [1.165, 1.54) is 24.1 Å². The number of nitrogens with zero attached hydrogens (tertiary/aromatic N) is 4. The first-order valence-corrected chi connectivity index (χ1v) is 10.0. The Balaban J connectivity index is 2.26. The summed E-state index contributed by atoms with van der Waals surface area (Å²) < 4.78 is 43.7. The zero-order valence-electron chi connectivity index (χ0n) is 18.0. The molecule has 3 rings (SSSR count). The first-order valence-electron chi connectivity index (χ1n) is 10.0. The molecule has 30 heavy (non-hydrogen) atoms. The highest BCUT2D eigenvalue weighted by Crippen LogP contribution is 2.42. The summed E-state index contributed by atoms with van der Waals surface area (Å²) in [5.41, 5.74) is -0.275. The molecule has 0 saturated carbocycles. The number of nitrogens with one attached hydrogen (secondary N) is 1. The lowest BCUT2D eigenvalue weighted by Crippen LogP contribution is -2.32. The van der Waals surface area contributed by atoms with Gasteiger partial charge in [-0.3, -0.25) is 9.48 Å². The van der Waals surface area contributed by atoms with Crippen molar-refractivity contribution in [3.63, 3.8) is 0 Å². The van der Waals surface area contributed by atoms with Gasteiger partial charge in [0.1, 0.15) is 5.82 Å². The quantitative estimate of drug-likeness (QED) is 0.804. The van der Waals surface area contributed by atoms with Gasteiger partial charge >= 0.3 is 6.18 Å². The van der Waals surface area contributed by atoms with Crippen LogP contribution in [0.4, 0.5) is 19.0 Å². The largest absolute Gasteiger partial charge is 0.434 e. The minimum Gasteiger partial charge on any atom is -0.356 e. The number of rotatable bonds is 3. The molecule has 1 aliphatic rings. The summed E-state index contributed by atoms with van der Waals surface area (Å²) in [4.78, 5) is 18.7. The van der Waals surface area contributed by atoms with E-state index in [0.717, 1.165) is 19.3 Å². The summed E-state index contributed by atoms with van der Waals surface area (Å²) in [5.74, 6) is -0.345. The average Bonchev–Trinajstić information content (AvgIpc) is 2.99. The van der Waals surface area contributed by atoms with Crippen molar-refractivity contribution >= 4 is 11.7 Å². The number of anilines is 1. The second kappa shape index (κ2) is 7.92. The van der Waals surface area contributed by atoms with Gasteiger partial charge in [-0.05, 0) is 37.2 Å². The molecule has 1 N–H and O–H groups in total. The molecule has 0 spiro atoms. The van der Waals surface area contributed by atoms with Gasteiger partial charge in [0.05, 0.1) is 11.8 Å². The SMILES string of the molecule is CNC(=O)c1c(N2CCCC(C)(C)CC2)nc(C(F)(F)F)c(-c2cnn(C)c2)c1C. The third kappa shape index (κ3) is 4.29. The maximum absolute atomic E-state index is 14.1. The Labute approximate surface area is 174 Å². The molecule has 0 aliphatic carbocycles. The number of carbonyl (C=O) groups excluding carboxylic acids is 1. The molecule has 0 atom stereocenters. The molecule has 164 valence electrons. The molecule has 1 aliphatic heterocycles. The van der Waals surface area contributed by atoms with E-state index in [0.29, 0.717) is 13.1 Å². The van der Waals surface area contributed by atoms with Crippen LogP contribution in [0.1, 0.15) is 54.7 Å². The zero-order chi connectivity index (χ0) is 22.3. The van der Waals surface area contributed by atoms with Gasteiger partial charge in [-0.2, -0.15) is 18.3 Å².